The van der Waals surface area contributed by atoms with E-state index in [2.05, 4.69) is 59.6 Å². The third-order valence-corrected chi connectivity index (χ3v) is 16.0. The Balaban J connectivity index is 1.35. The molecule has 0 aliphatic carbocycles. The molecular weight excluding hydrogens is 1040 g/mol. The normalized spacial score (nSPS) is 12.9. The topological polar surface area (TPSA) is 131 Å². The average Bonchev–Trinajstić information content (AvgIpc) is 4.18. The lowest BCUT2D eigenvalue weighted by atomic mass is 9.93. The van der Waals surface area contributed by atoms with Crippen molar-refractivity contribution in [3.63, 3.8) is 0 Å². The van der Waals surface area contributed by atoms with Gasteiger partial charge in [0.05, 0.1) is 21.5 Å². The fourth-order valence-electron chi connectivity index (χ4n) is 10.9. The monoisotopic (exact) mass is 1120 g/mol. The van der Waals surface area contributed by atoms with Gasteiger partial charge < -0.3 is 17.7 Å². The molecule has 0 fully saturated rings. The molecule has 0 saturated carbocycles. The van der Waals surface area contributed by atoms with E-state index in [1.54, 1.807) is 24.3 Å². The molecule has 72 heavy (non-hydrogen) atoms. The molecule has 0 spiro atoms. The number of hydrogen-bond acceptors (Lipinski definition) is 8. The SMILES string of the molecule is CCCCCCCCCCC(CCCCCCCC)Cn1c(=O)c2cc(Br)oc2c2oc(-c3cc4c(=O)n(CC(CCCCCCCC)CCCCCCCCCC)c(=O)c5cc(Br)oc5c4o3)cc2c1=O. The van der Waals surface area contributed by atoms with Crippen molar-refractivity contribution < 1.29 is 17.7 Å². The number of furan rings is 4. The third kappa shape index (κ3) is 16.2. The van der Waals surface area contributed by atoms with E-state index in [4.69, 9.17) is 17.7 Å². The maximum Gasteiger partial charge on any atom is 0.264 e. The van der Waals surface area contributed by atoms with Crippen LogP contribution in [-0.2, 0) is 13.1 Å². The zero-order valence-electron chi connectivity index (χ0n) is 44.4. The molecule has 2 atom stereocenters. The van der Waals surface area contributed by atoms with E-state index < -0.39 is 22.2 Å². The highest BCUT2D eigenvalue weighted by molar-refractivity contribution is 9.10. The first-order valence-electron chi connectivity index (χ1n) is 28.7. The second-order valence-electron chi connectivity index (χ2n) is 21.1. The molecule has 0 aromatic carbocycles. The first-order valence-corrected chi connectivity index (χ1v) is 30.3. The van der Waals surface area contributed by atoms with Crippen LogP contribution in [-0.4, -0.2) is 9.13 Å². The molecule has 0 bridgehead atoms. The predicted molar refractivity (Wildman–Crippen MR) is 305 cm³/mol. The van der Waals surface area contributed by atoms with Crippen LogP contribution >= 0.6 is 31.9 Å². The molecule has 6 aromatic heterocycles. The number of aromatic nitrogens is 2. The molecule has 0 radical (unpaired) electrons. The van der Waals surface area contributed by atoms with Crippen molar-refractivity contribution in [3.8, 4) is 11.5 Å². The molecule has 0 N–H and O–H groups in total. The zero-order valence-corrected chi connectivity index (χ0v) is 47.6. The van der Waals surface area contributed by atoms with Gasteiger partial charge in [0.1, 0.15) is 0 Å². The van der Waals surface area contributed by atoms with Crippen LogP contribution in [0.25, 0.3) is 55.4 Å². The molecule has 6 heterocycles. The summed E-state index contributed by atoms with van der Waals surface area (Å²) in [6, 6.07) is 6.41. The van der Waals surface area contributed by atoms with Crippen LogP contribution in [0.3, 0.4) is 0 Å². The molecule has 0 saturated heterocycles. The summed E-state index contributed by atoms with van der Waals surface area (Å²) in [7, 11) is 0. The highest BCUT2D eigenvalue weighted by Gasteiger charge is 2.26. The van der Waals surface area contributed by atoms with Gasteiger partial charge in [0.25, 0.3) is 22.2 Å². The lowest BCUT2D eigenvalue weighted by molar-refractivity contribution is 0.351. The van der Waals surface area contributed by atoms with Gasteiger partial charge in [-0.2, -0.15) is 0 Å². The molecular formula is C60H86Br2N2O8. The van der Waals surface area contributed by atoms with E-state index >= 15 is 0 Å². The quantitative estimate of drug-likeness (QED) is 0.0353. The summed E-state index contributed by atoms with van der Waals surface area (Å²) in [6.07, 6.45) is 37.4. The van der Waals surface area contributed by atoms with Gasteiger partial charge in [-0.05, 0) is 69.4 Å². The molecule has 10 nitrogen and oxygen atoms in total. The van der Waals surface area contributed by atoms with Gasteiger partial charge >= 0.3 is 0 Å². The maximum atomic E-state index is 14.8. The van der Waals surface area contributed by atoms with Crippen LogP contribution in [0.1, 0.15) is 233 Å². The van der Waals surface area contributed by atoms with Crippen molar-refractivity contribution in [2.75, 3.05) is 0 Å². The fraction of sp³-hybridized carbons (Fsp3) is 0.667. The number of halogens is 2. The van der Waals surface area contributed by atoms with Crippen molar-refractivity contribution in [2.24, 2.45) is 11.8 Å². The summed E-state index contributed by atoms with van der Waals surface area (Å²) >= 11 is 6.90. The summed E-state index contributed by atoms with van der Waals surface area (Å²) in [4.78, 5) is 58.5. The second kappa shape index (κ2) is 30.7. The molecule has 6 aromatic rings. The predicted octanol–water partition coefficient (Wildman–Crippen LogP) is 18.7. The minimum Gasteiger partial charge on any atom is -0.449 e. The van der Waals surface area contributed by atoms with Gasteiger partial charge in [-0.15, -0.1) is 0 Å². The van der Waals surface area contributed by atoms with Crippen LogP contribution in [0.5, 0.6) is 0 Å². The summed E-state index contributed by atoms with van der Waals surface area (Å²) in [5, 5.41) is 0.845. The fourth-order valence-corrected chi connectivity index (χ4v) is 11.7. The van der Waals surface area contributed by atoms with E-state index in [1.807, 2.05) is 0 Å². The van der Waals surface area contributed by atoms with Crippen molar-refractivity contribution in [1.29, 1.82) is 0 Å². The standard InChI is InChI=1S/C60H86Br2N2O8/c1-5-9-13-17-21-23-27-31-35-43(33-29-25-19-15-11-7-3)41-63-57(65)45-37-49(69-53(45)55-47(59(63)67)39-51(61)71-55)50-38-46-54(70-50)56-48(40-52(62)72-56)60(68)64(58(46)66)42-44(34-30-26-20-16-12-8-4)36-32-28-24-22-18-14-10-6-2/h37-40,43-44H,5-36,41-42H2,1-4H3. The summed E-state index contributed by atoms with van der Waals surface area (Å²) < 4.78 is 28.7. The largest absolute Gasteiger partial charge is 0.449 e. The van der Waals surface area contributed by atoms with Crippen LogP contribution in [0.2, 0.25) is 0 Å². The molecule has 0 aliphatic heterocycles. The summed E-state index contributed by atoms with van der Waals surface area (Å²) in [6.45, 7) is 9.55. The van der Waals surface area contributed by atoms with Gasteiger partial charge in [-0.1, -0.05) is 207 Å². The van der Waals surface area contributed by atoms with Crippen molar-refractivity contribution in [3.05, 3.63) is 75.0 Å². The Bertz CT molecular complexity index is 2630. The molecule has 12 heteroatoms. The van der Waals surface area contributed by atoms with Gasteiger partial charge in [0.15, 0.2) is 43.2 Å². The van der Waals surface area contributed by atoms with Crippen LogP contribution in [0.15, 0.2) is 70.5 Å². The van der Waals surface area contributed by atoms with Gasteiger partial charge in [0.2, 0.25) is 0 Å². The highest BCUT2D eigenvalue weighted by atomic mass is 79.9. The number of nitrogens with zero attached hydrogens (tertiary/aromatic N) is 2. The van der Waals surface area contributed by atoms with E-state index in [9.17, 15) is 19.2 Å². The second-order valence-corrected chi connectivity index (χ2v) is 22.7. The zero-order chi connectivity index (χ0) is 51.2. The number of hydrogen-bond donors (Lipinski definition) is 0. The third-order valence-electron chi connectivity index (χ3n) is 15.2. The van der Waals surface area contributed by atoms with E-state index in [0.29, 0.717) is 22.4 Å². The molecule has 0 amide bonds. The number of rotatable bonds is 37. The smallest absolute Gasteiger partial charge is 0.264 e. The van der Waals surface area contributed by atoms with E-state index in [1.165, 1.54) is 138 Å². The van der Waals surface area contributed by atoms with Gasteiger partial charge in [0, 0.05) is 37.4 Å². The van der Waals surface area contributed by atoms with Gasteiger partial charge in [-0.3, -0.25) is 28.3 Å². The molecule has 398 valence electrons. The van der Waals surface area contributed by atoms with Crippen LogP contribution in [0, 0.1) is 11.8 Å². The van der Waals surface area contributed by atoms with Crippen molar-refractivity contribution in [1.82, 2.24) is 9.13 Å². The summed E-state index contributed by atoms with van der Waals surface area (Å²) in [5.41, 5.74) is -1.17. The lowest BCUT2D eigenvalue weighted by Gasteiger charge is -2.17. The Labute approximate surface area is 444 Å². The Morgan fingerprint density at radius 3 is 0.861 bits per heavy atom. The summed E-state index contributed by atoms with van der Waals surface area (Å²) in [5.74, 6) is 0.678. The minimum absolute atomic E-state index is 0.122. The molecule has 6 rings (SSSR count). The Kier molecular flexibility index (Phi) is 24.5. The first kappa shape index (κ1) is 57.6. The first-order chi connectivity index (χ1) is 35.1. The Morgan fingerprint density at radius 1 is 0.347 bits per heavy atom. The Morgan fingerprint density at radius 2 is 0.583 bits per heavy atom. The van der Waals surface area contributed by atoms with Crippen LogP contribution < -0.4 is 22.2 Å². The number of fused-ring (bicyclic) bond motifs is 6. The average molecular weight is 1120 g/mol. The van der Waals surface area contributed by atoms with Crippen molar-refractivity contribution >= 4 is 75.7 Å². The maximum absolute atomic E-state index is 14.8. The van der Waals surface area contributed by atoms with E-state index in [0.717, 1.165) is 77.0 Å². The van der Waals surface area contributed by atoms with Crippen LogP contribution in [0.4, 0.5) is 0 Å². The van der Waals surface area contributed by atoms with Gasteiger partial charge in [-0.25, -0.2) is 0 Å². The van der Waals surface area contributed by atoms with Crippen molar-refractivity contribution in [2.45, 2.75) is 246 Å². The molecule has 0 aliphatic rings. The lowest BCUT2D eigenvalue weighted by Crippen LogP contribution is -2.33. The minimum atomic E-state index is -0.456. The molecule has 2 unspecified atom stereocenters. The highest BCUT2D eigenvalue weighted by Crippen LogP contribution is 2.37. The number of unbranched alkanes of at least 4 members (excludes halogenated alkanes) is 24. The van der Waals surface area contributed by atoms with E-state index in [-0.39, 0.29) is 67.2 Å². The Hall–Kier alpha value is -3.64.